The molecule has 0 radical (unpaired) electrons. The number of fused-ring (bicyclic) bond motifs is 1. The van der Waals surface area contributed by atoms with Crippen LogP contribution in [-0.2, 0) is 20.8 Å². The summed E-state index contributed by atoms with van der Waals surface area (Å²) < 4.78 is 4.62. The van der Waals surface area contributed by atoms with Gasteiger partial charge in [0.15, 0.2) is 6.10 Å². The molecule has 0 amide bonds. The summed E-state index contributed by atoms with van der Waals surface area (Å²) >= 11 is 0. The van der Waals surface area contributed by atoms with Crippen LogP contribution in [-0.4, -0.2) is 19.2 Å². The lowest BCUT2D eigenvalue weighted by atomic mass is 10.0. The molecule has 2 aromatic rings. The van der Waals surface area contributed by atoms with E-state index in [-0.39, 0.29) is 0 Å². The predicted octanol–water partition coefficient (Wildman–Crippen LogP) is 1.81. The first-order valence-corrected chi connectivity index (χ1v) is 5.65. The van der Waals surface area contributed by atoms with Gasteiger partial charge in [0.2, 0.25) is 0 Å². The van der Waals surface area contributed by atoms with Gasteiger partial charge >= 0.3 is 5.97 Å². The van der Waals surface area contributed by atoms with Gasteiger partial charge < -0.3 is 4.74 Å². The molecule has 0 aliphatic carbocycles. The monoisotopic (exact) mass is 245 g/mol. The van der Waals surface area contributed by atoms with E-state index in [0.29, 0.717) is 6.42 Å². The van der Waals surface area contributed by atoms with Gasteiger partial charge in [-0.15, -0.1) is 0 Å². The minimum absolute atomic E-state index is 0.397. The molecule has 0 aliphatic rings. The molecular formula is C14H15NO3. The van der Waals surface area contributed by atoms with E-state index in [9.17, 15) is 4.79 Å². The van der Waals surface area contributed by atoms with E-state index in [1.807, 2.05) is 42.5 Å². The van der Waals surface area contributed by atoms with Gasteiger partial charge in [-0.25, -0.2) is 10.7 Å². The second-order valence-electron chi connectivity index (χ2n) is 4.03. The predicted molar refractivity (Wildman–Crippen MR) is 68.7 cm³/mol. The van der Waals surface area contributed by atoms with E-state index in [4.69, 9.17) is 5.90 Å². The summed E-state index contributed by atoms with van der Waals surface area (Å²) in [7, 11) is 1.31. The molecule has 4 heteroatoms. The molecule has 0 saturated heterocycles. The zero-order chi connectivity index (χ0) is 13.0. The molecule has 18 heavy (non-hydrogen) atoms. The number of methoxy groups -OCH3 is 1. The Kier molecular flexibility index (Phi) is 3.92. The third-order valence-electron chi connectivity index (χ3n) is 2.86. The zero-order valence-corrected chi connectivity index (χ0v) is 10.1. The van der Waals surface area contributed by atoms with Gasteiger partial charge in [-0.05, 0) is 16.3 Å². The average Bonchev–Trinajstić information content (AvgIpc) is 2.43. The summed E-state index contributed by atoms with van der Waals surface area (Å²) in [5, 5.41) is 2.28. The third kappa shape index (κ3) is 2.67. The molecule has 0 aliphatic heterocycles. The number of hydrogen-bond donors (Lipinski definition) is 1. The van der Waals surface area contributed by atoms with E-state index < -0.39 is 12.1 Å². The smallest absolute Gasteiger partial charge is 0.337 e. The lowest BCUT2D eigenvalue weighted by molar-refractivity contribution is -0.154. The van der Waals surface area contributed by atoms with E-state index in [1.165, 1.54) is 7.11 Å². The molecule has 0 fully saturated rings. The molecule has 0 saturated carbocycles. The molecule has 0 aromatic heterocycles. The molecule has 2 aromatic carbocycles. The van der Waals surface area contributed by atoms with E-state index in [2.05, 4.69) is 9.57 Å². The first kappa shape index (κ1) is 12.5. The summed E-state index contributed by atoms with van der Waals surface area (Å²) in [6.07, 6.45) is -0.371. The van der Waals surface area contributed by atoms with Crippen molar-refractivity contribution in [3.8, 4) is 0 Å². The fourth-order valence-electron chi connectivity index (χ4n) is 1.90. The maximum absolute atomic E-state index is 11.4. The Bertz CT molecular complexity index is 553. The van der Waals surface area contributed by atoms with Gasteiger partial charge in [0, 0.05) is 6.42 Å². The molecule has 2 rings (SSSR count). The van der Waals surface area contributed by atoms with Crippen molar-refractivity contribution < 1.29 is 14.4 Å². The van der Waals surface area contributed by atoms with Crippen LogP contribution in [0.25, 0.3) is 10.8 Å². The van der Waals surface area contributed by atoms with Crippen LogP contribution in [0, 0.1) is 0 Å². The lowest BCUT2D eigenvalue weighted by Crippen LogP contribution is -2.30. The van der Waals surface area contributed by atoms with Crippen LogP contribution >= 0.6 is 0 Å². The molecule has 2 N–H and O–H groups in total. The molecule has 0 heterocycles. The van der Waals surface area contributed by atoms with Gasteiger partial charge in [0.1, 0.15) is 0 Å². The number of benzene rings is 2. The second-order valence-corrected chi connectivity index (χ2v) is 4.03. The topological polar surface area (TPSA) is 61.5 Å². The number of nitrogens with two attached hydrogens (primary N) is 1. The number of carbonyl (C=O) groups excluding carboxylic acids is 1. The van der Waals surface area contributed by atoms with Crippen molar-refractivity contribution in [3.63, 3.8) is 0 Å². The minimum Gasteiger partial charge on any atom is -0.467 e. The third-order valence-corrected chi connectivity index (χ3v) is 2.86. The number of carbonyl (C=O) groups is 1. The van der Waals surface area contributed by atoms with Crippen molar-refractivity contribution in [1.82, 2.24) is 0 Å². The Morgan fingerprint density at radius 1 is 1.22 bits per heavy atom. The fraction of sp³-hybridized carbons (Fsp3) is 0.214. The molecule has 0 bridgehead atoms. The maximum Gasteiger partial charge on any atom is 0.337 e. The standard InChI is InChI=1S/C14H15NO3/c1-17-14(16)13(18-15)9-10-6-7-11-4-2-3-5-12(11)8-10/h2-8,13H,9,15H2,1H3. The van der Waals surface area contributed by atoms with Crippen LogP contribution in [0.5, 0.6) is 0 Å². The summed E-state index contributed by atoms with van der Waals surface area (Å²) in [5.74, 6) is 4.64. The molecular weight excluding hydrogens is 230 g/mol. The maximum atomic E-state index is 11.4. The van der Waals surface area contributed by atoms with Crippen molar-refractivity contribution >= 4 is 16.7 Å². The summed E-state index contributed by atoms with van der Waals surface area (Å²) in [6, 6.07) is 14.0. The van der Waals surface area contributed by atoms with E-state index in [1.54, 1.807) is 0 Å². The molecule has 94 valence electrons. The van der Waals surface area contributed by atoms with Crippen LogP contribution in [0.3, 0.4) is 0 Å². The SMILES string of the molecule is COC(=O)C(Cc1ccc2ccccc2c1)ON. The van der Waals surface area contributed by atoms with E-state index in [0.717, 1.165) is 16.3 Å². The Labute approximate surface area is 105 Å². The highest BCUT2D eigenvalue weighted by molar-refractivity contribution is 5.83. The van der Waals surface area contributed by atoms with Crippen LogP contribution < -0.4 is 5.90 Å². The van der Waals surface area contributed by atoms with Gasteiger partial charge in [0.05, 0.1) is 7.11 Å². The van der Waals surface area contributed by atoms with Crippen molar-refractivity contribution in [2.45, 2.75) is 12.5 Å². The number of hydrogen-bond acceptors (Lipinski definition) is 4. The summed E-state index contributed by atoms with van der Waals surface area (Å²) in [4.78, 5) is 16.0. The Balaban J connectivity index is 2.23. The highest BCUT2D eigenvalue weighted by Gasteiger charge is 2.19. The molecule has 1 unspecified atom stereocenters. The first-order valence-electron chi connectivity index (χ1n) is 5.65. The molecule has 0 spiro atoms. The minimum atomic E-state index is -0.767. The first-order chi connectivity index (χ1) is 8.74. The zero-order valence-electron chi connectivity index (χ0n) is 10.1. The van der Waals surface area contributed by atoms with Gasteiger partial charge in [-0.2, -0.15) is 0 Å². The molecule has 4 nitrogen and oxygen atoms in total. The Hall–Kier alpha value is -1.91. The Morgan fingerprint density at radius 3 is 2.61 bits per heavy atom. The summed E-state index contributed by atoms with van der Waals surface area (Å²) in [5.41, 5.74) is 0.981. The summed E-state index contributed by atoms with van der Waals surface area (Å²) in [6.45, 7) is 0. The van der Waals surface area contributed by atoms with Crippen LogP contribution in [0.4, 0.5) is 0 Å². The highest BCUT2D eigenvalue weighted by Crippen LogP contribution is 2.17. The van der Waals surface area contributed by atoms with Crippen LogP contribution in [0.2, 0.25) is 0 Å². The quantitative estimate of drug-likeness (QED) is 0.659. The largest absolute Gasteiger partial charge is 0.467 e. The van der Waals surface area contributed by atoms with Crippen molar-refractivity contribution in [2.75, 3.05) is 7.11 Å². The average molecular weight is 245 g/mol. The lowest BCUT2D eigenvalue weighted by Gasteiger charge is -2.12. The van der Waals surface area contributed by atoms with Crippen molar-refractivity contribution in [2.24, 2.45) is 5.90 Å². The fourth-order valence-corrected chi connectivity index (χ4v) is 1.90. The molecule has 1 atom stereocenters. The van der Waals surface area contributed by atoms with Gasteiger partial charge in [-0.3, -0.25) is 4.84 Å². The van der Waals surface area contributed by atoms with E-state index >= 15 is 0 Å². The van der Waals surface area contributed by atoms with Crippen molar-refractivity contribution in [1.29, 1.82) is 0 Å². The number of rotatable bonds is 4. The Morgan fingerprint density at radius 2 is 1.94 bits per heavy atom. The normalized spacial score (nSPS) is 12.3. The highest BCUT2D eigenvalue weighted by atomic mass is 16.6. The number of esters is 1. The van der Waals surface area contributed by atoms with Crippen molar-refractivity contribution in [3.05, 3.63) is 48.0 Å². The van der Waals surface area contributed by atoms with Gasteiger partial charge in [-0.1, -0.05) is 42.5 Å². The van der Waals surface area contributed by atoms with Crippen LogP contribution in [0.15, 0.2) is 42.5 Å². The van der Waals surface area contributed by atoms with Gasteiger partial charge in [0.25, 0.3) is 0 Å². The van der Waals surface area contributed by atoms with Crippen LogP contribution in [0.1, 0.15) is 5.56 Å². The second kappa shape index (κ2) is 5.62. The number of ether oxygens (including phenoxy) is 1.